The number of H-pyrrole nitrogens is 1. The predicted octanol–water partition coefficient (Wildman–Crippen LogP) is 3.87. The van der Waals surface area contributed by atoms with E-state index < -0.39 is 24.3 Å². The number of nitrogens with one attached hydrogen (secondary N) is 1. The first-order valence-corrected chi connectivity index (χ1v) is 9.89. The van der Waals surface area contributed by atoms with Gasteiger partial charge in [0.2, 0.25) is 5.88 Å². The van der Waals surface area contributed by atoms with Crippen LogP contribution < -0.4 is 9.47 Å². The van der Waals surface area contributed by atoms with Gasteiger partial charge in [-0.25, -0.2) is 8.78 Å². The molecule has 0 aliphatic carbocycles. The van der Waals surface area contributed by atoms with Crippen molar-refractivity contribution in [1.82, 2.24) is 20.2 Å². The van der Waals surface area contributed by atoms with Gasteiger partial charge in [0.15, 0.2) is 17.2 Å². The molecule has 2 heterocycles. The second kappa shape index (κ2) is 9.43. The van der Waals surface area contributed by atoms with Gasteiger partial charge in [-0.05, 0) is 18.2 Å². The molecule has 0 radical (unpaired) electrons. The smallest absolute Gasteiger partial charge is 0.327 e. The van der Waals surface area contributed by atoms with Crippen LogP contribution in [0.15, 0.2) is 42.5 Å². The molecule has 1 atom stereocenters. The van der Waals surface area contributed by atoms with Crippen LogP contribution in [0.25, 0.3) is 22.3 Å². The number of fused-ring (bicyclic) bond motifs is 1. The zero-order valence-electron chi connectivity index (χ0n) is 16.4. The number of aliphatic hydroxyl groups is 2. The number of aromatic nitrogens is 4. The van der Waals surface area contributed by atoms with Crippen LogP contribution in [0.4, 0.5) is 8.78 Å². The second-order valence-corrected chi connectivity index (χ2v) is 7.15. The lowest BCUT2D eigenvalue weighted by Gasteiger charge is -2.12. The Hall–Kier alpha value is -3.34. The Balaban J connectivity index is 1.76. The molecular formula is C21H17ClF2N4O4. The van der Waals surface area contributed by atoms with Crippen LogP contribution >= 0.6 is 11.6 Å². The number of halogens is 3. The molecule has 0 saturated carbocycles. The fraction of sp³-hybridized carbons (Fsp3) is 0.190. The quantitative estimate of drug-likeness (QED) is 0.364. The number of hydrogen-bond acceptors (Lipinski definition) is 7. The highest BCUT2D eigenvalue weighted by atomic mass is 35.5. The van der Waals surface area contributed by atoms with E-state index in [0.717, 1.165) is 12.1 Å². The molecule has 3 N–H and O–H groups in total. The first kappa shape index (κ1) is 21.9. The van der Waals surface area contributed by atoms with E-state index in [-0.39, 0.29) is 36.3 Å². The summed E-state index contributed by atoms with van der Waals surface area (Å²) in [6.45, 7) is -0.414. The molecule has 0 spiro atoms. The van der Waals surface area contributed by atoms with E-state index >= 15 is 0 Å². The molecule has 0 amide bonds. The molecule has 0 bridgehead atoms. The third-order valence-corrected chi connectivity index (χ3v) is 4.83. The van der Waals surface area contributed by atoms with Gasteiger partial charge in [-0.15, -0.1) is 0 Å². The Labute approximate surface area is 185 Å². The van der Waals surface area contributed by atoms with E-state index in [1.807, 2.05) is 0 Å². The molecule has 2 aromatic heterocycles. The summed E-state index contributed by atoms with van der Waals surface area (Å²) in [4.78, 5) is 8.39. The Morgan fingerprint density at radius 1 is 1.12 bits per heavy atom. The van der Waals surface area contributed by atoms with Crippen molar-refractivity contribution in [2.24, 2.45) is 0 Å². The van der Waals surface area contributed by atoms with Gasteiger partial charge in [0.05, 0.1) is 25.0 Å². The standard InChI is InChI=1S/C21H17ClF2N4O4/c22-14-4-2-1-3-13(14)18-17-19(28-27-18)25-21(26-20(17)31-8-7-12(30)10-29)32-16-6-5-11(23)9-15(16)24/h1-6,9,12,29-30H,7-8,10H2,(H,25,26,27,28)/t12-/m1/s1. The molecule has 8 nitrogen and oxygen atoms in total. The van der Waals surface area contributed by atoms with Crippen molar-refractivity contribution >= 4 is 22.6 Å². The molecule has 0 fully saturated rings. The molecule has 32 heavy (non-hydrogen) atoms. The van der Waals surface area contributed by atoms with Gasteiger partial charge in [0, 0.05) is 23.1 Å². The highest BCUT2D eigenvalue weighted by molar-refractivity contribution is 6.33. The largest absolute Gasteiger partial charge is 0.477 e. The van der Waals surface area contributed by atoms with Crippen molar-refractivity contribution in [3.63, 3.8) is 0 Å². The van der Waals surface area contributed by atoms with Gasteiger partial charge < -0.3 is 19.7 Å². The van der Waals surface area contributed by atoms with Crippen molar-refractivity contribution in [2.75, 3.05) is 13.2 Å². The van der Waals surface area contributed by atoms with Crippen molar-refractivity contribution in [3.05, 3.63) is 59.1 Å². The topological polar surface area (TPSA) is 113 Å². The average Bonchev–Trinajstić information content (AvgIpc) is 3.20. The predicted molar refractivity (Wildman–Crippen MR) is 112 cm³/mol. The highest BCUT2D eigenvalue weighted by Gasteiger charge is 2.21. The number of aromatic amines is 1. The number of ether oxygens (including phenoxy) is 2. The van der Waals surface area contributed by atoms with Gasteiger partial charge >= 0.3 is 6.01 Å². The van der Waals surface area contributed by atoms with Crippen LogP contribution in [0, 0.1) is 11.6 Å². The zero-order chi connectivity index (χ0) is 22.7. The normalized spacial score (nSPS) is 12.2. The summed E-state index contributed by atoms with van der Waals surface area (Å²) >= 11 is 6.31. The monoisotopic (exact) mass is 462 g/mol. The van der Waals surface area contributed by atoms with Crippen LogP contribution in [-0.4, -0.2) is 49.7 Å². The minimum Gasteiger partial charge on any atom is -0.477 e. The van der Waals surface area contributed by atoms with E-state index in [0.29, 0.717) is 27.7 Å². The molecule has 4 aromatic rings. The van der Waals surface area contributed by atoms with Gasteiger partial charge in [-0.3, -0.25) is 5.10 Å². The summed E-state index contributed by atoms with van der Waals surface area (Å²) < 4.78 is 38.3. The summed E-state index contributed by atoms with van der Waals surface area (Å²) in [5.41, 5.74) is 1.27. The average molecular weight is 463 g/mol. The molecule has 0 saturated heterocycles. The van der Waals surface area contributed by atoms with Crippen LogP contribution in [0.2, 0.25) is 5.02 Å². The maximum atomic E-state index is 14.0. The van der Waals surface area contributed by atoms with E-state index in [2.05, 4.69) is 20.2 Å². The van der Waals surface area contributed by atoms with Crippen molar-refractivity contribution in [2.45, 2.75) is 12.5 Å². The van der Waals surface area contributed by atoms with Crippen LogP contribution in [-0.2, 0) is 0 Å². The fourth-order valence-electron chi connectivity index (χ4n) is 2.92. The SMILES string of the molecule is OC[C@H](O)CCOc1nc(Oc2ccc(F)cc2F)nc2n[nH]c(-c3ccccc3Cl)c12. The summed E-state index contributed by atoms with van der Waals surface area (Å²) in [6.07, 6.45) is -0.840. The number of rotatable bonds is 8. The van der Waals surface area contributed by atoms with E-state index in [1.165, 1.54) is 0 Å². The molecule has 0 unspecified atom stereocenters. The molecule has 166 valence electrons. The minimum atomic E-state index is -0.969. The summed E-state index contributed by atoms with van der Waals surface area (Å²) in [7, 11) is 0. The Kier molecular flexibility index (Phi) is 6.45. The minimum absolute atomic E-state index is 0.00529. The number of aliphatic hydroxyl groups excluding tert-OH is 2. The summed E-state index contributed by atoms with van der Waals surface area (Å²) in [6, 6.07) is 9.58. The summed E-state index contributed by atoms with van der Waals surface area (Å²) in [5, 5.41) is 26.4. The molecular weight excluding hydrogens is 446 g/mol. The third-order valence-electron chi connectivity index (χ3n) is 4.50. The third kappa shape index (κ3) is 4.62. The molecule has 4 rings (SSSR count). The van der Waals surface area contributed by atoms with Crippen LogP contribution in [0.1, 0.15) is 6.42 Å². The lowest BCUT2D eigenvalue weighted by Crippen LogP contribution is -2.16. The van der Waals surface area contributed by atoms with Crippen LogP contribution in [0.5, 0.6) is 17.6 Å². The van der Waals surface area contributed by atoms with E-state index in [4.69, 9.17) is 26.2 Å². The van der Waals surface area contributed by atoms with Gasteiger partial charge in [0.25, 0.3) is 0 Å². The Bertz CT molecular complexity index is 1250. The van der Waals surface area contributed by atoms with E-state index in [9.17, 15) is 13.9 Å². The van der Waals surface area contributed by atoms with Gasteiger partial charge in [-0.2, -0.15) is 15.1 Å². The number of hydrogen-bond donors (Lipinski definition) is 3. The maximum absolute atomic E-state index is 14.0. The molecule has 0 aliphatic rings. The van der Waals surface area contributed by atoms with Gasteiger partial charge in [-0.1, -0.05) is 29.8 Å². The Morgan fingerprint density at radius 2 is 1.94 bits per heavy atom. The first-order chi connectivity index (χ1) is 15.5. The van der Waals surface area contributed by atoms with Crippen LogP contribution in [0.3, 0.4) is 0 Å². The number of benzene rings is 2. The lowest BCUT2D eigenvalue weighted by atomic mass is 10.1. The van der Waals surface area contributed by atoms with Crippen molar-refractivity contribution < 1.29 is 28.5 Å². The second-order valence-electron chi connectivity index (χ2n) is 6.74. The van der Waals surface area contributed by atoms with Gasteiger partial charge in [0.1, 0.15) is 11.2 Å². The zero-order valence-corrected chi connectivity index (χ0v) is 17.2. The van der Waals surface area contributed by atoms with E-state index in [1.54, 1.807) is 24.3 Å². The molecule has 11 heteroatoms. The van der Waals surface area contributed by atoms with Crippen molar-refractivity contribution in [1.29, 1.82) is 0 Å². The number of nitrogens with zero attached hydrogens (tertiary/aromatic N) is 3. The highest BCUT2D eigenvalue weighted by Crippen LogP contribution is 2.37. The lowest BCUT2D eigenvalue weighted by molar-refractivity contribution is 0.0749. The molecule has 2 aromatic carbocycles. The first-order valence-electron chi connectivity index (χ1n) is 9.52. The molecule has 0 aliphatic heterocycles. The Morgan fingerprint density at radius 3 is 2.69 bits per heavy atom. The maximum Gasteiger partial charge on any atom is 0.327 e. The van der Waals surface area contributed by atoms with Crippen molar-refractivity contribution in [3.8, 4) is 28.9 Å². The summed E-state index contributed by atoms with van der Waals surface area (Å²) in [5.74, 6) is -1.93. The fourth-order valence-corrected chi connectivity index (χ4v) is 3.15.